The molecule has 0 radical (unpaired) electrons. The van der Waals surface area contributed by atoms with E-state index < -0.39 is 11.9 Å². The summed E-state index contributed by atoms with van der Waals surface area (Å²) in [6, 6.07) is 9.44. The molecule has 1 unspecified atom stereocenters. The van der Waals surface area contributed by atoms with Crippen molar-refractivity contribution in [3.63, 3.8) is 0 Å². The minimum Gasteiger partial charge on any atom is -0.384 e. The lowest BCUT2D eigenvalue weighted by atomic mass is 9.97. The molecule has 1 aromatic carbocycles. The third-order valence-electron chi connectivity index (χ3n) is 6.65. The molecule has 0 fully saturated rings. The van der Waals surface area contributed by atoms with Crippen LogP contribution in [0.5, 0.6) is 0 Å². The number of anilines is 2. The highest BCUT2D eigenvalue weighted by Crippen LogP contribution is 2.40. The fourth-order valence-electron chi connectivity index (χ4n) is 5.31. The van der Waals surface area contributed by atoms with E-state index in [1.54, 1.807) is 6.07 Å². The van der Waals surface area contributed by atoms with Crippen LogP contribution in [0.15, 0.2) is 35.1 Å². The number of aromatic nitrogens is 3. The summed E-state index contributed by atoms with van der Waals surface area (Å²) in [4.78, 5) is 35.1. The van der Waals surface area contributed by atoms with Crippen LogP contribution in [0.1, 0.15) is 64.3 Å². The number of nitrogens with two attached hydrogens (primary N) is 2. The number of carbonyl (C=O) groups excluding carboxylic acids is 1. The van der Waals surface area contributed by atoms with E-state index >= 15 is 0 Å². The van der Waals surface area contributed by atoms with E-state index in [9.17, 15) is 9.59 Å². The second-order valence-electron chi connectivity index (χ2n) is 9.13. The lowest BCUT2D eigenvalue weighted by Gasteiger charge is -2.20. The van der Waals surface area contributed by atoms with Crippen molar-refractivity contribution in [2.24, 2.45) is 5.73 Å². The maximum atomic E-state index is 13.7. The largest absolute Gasteiger partial charge is 0.384 e. The second kappa shape index (κ2) is 8.03. The molecule has 5 rings (SSSR count). The third-order valence-corrected chi connectivity index (χ3v) is 6.65. The van der Waals surface area contributed by atoms with Crippen molar-refractivity contribution in [3.05, 3.63) is 80.2 Å². The number of hydrogen-bond acceptors (Lipinski definition) is 6. The van der Waals surface area contributed by atoms with Crippen molar-refractivity contribution in [2.45, 2.75) is 58.0 Å². The normalized spacial score (nSPS) is 18.7. The first-order valence-electron chi connectivity index (χ1n) is 11.3. The Morgan fingerprint density at radius 1 is 1.12 bits per heavy atom. The summed E-state index contributed by atoms with van der Waals surface area (Å²) in [5.41, 5.74) is 17.8. The Bertz CT molecular complexity index is 1310. The summed E-state index contributed by atoms with van der Waals surface area (Å²) in [6.45, 7) is 4.59. The van der Waals surface area contributed by atoms with E-state index in [2.05, 4.69) is 42.3 Å². The molecule has 1 aliphatic carbocycles. The maximum Gasteiger partial charge on any atom is 0.277 e. The molecule has 0 saturated heterocycles. The first-order valence-corrected chi connectivity index (χ1v) is 11.3. The number of amides is 1. The van der Waals surface area contributed by atoms with Crippen LogP contribution in [0.2, 0.25) is 0 Å². The minimum absolute atomic E-state index is 0.0546. The molecular formula is C25H28N6O2. The standard InChI is InChI=1S/C25H28N6O2/c1-13-9-14(2)11-15(10-13)12-28-23-22(17-3-5-18-16(17)4-7-20(26)29-18)30-21-8-6-19(24(27)32)31(21)25(23)33/h4,7,9-11,17,19,28H,3,5-6,8,12H2,1-2H3,(H2,26,29)(H2,27,32)/t17-,19?/m1/s1. The van der Waals surface area contributed by atoms with E-state index in [0.717, 1.165) is 40.8 Å². The predicted octanol–water partition coefficient (Wildman–Crippen LogP) is 2.50. The summed E-state index contributed by atoms with van der Waals surface area (Å²) in [5.74, 6) is 0.555. The van der Waals surface area contributed by atoms with Gasteiger partial charge in [0, 0.05) is 24.6 Å². The number of nitrogens with one attached hydrogen (secondary N) is 1. The smallest absolute Gasteiger partial charge is 0.277 e. The molecule has 5 N–H and O–H groups in total. The Labute approximate surface area is 192 Å². The number of nitrogens with zero attached hydrogens (tertiary/aromatic N) is 3. The van der Waals surface area contributed by atoms with E-state index in [4.69, 9.17) is 16.5 Å². The second-order valence-corrected chi connectivity index (χ2v) is 9.13. The lowest BCUT2D eigenvalue weighted by molar-refractivity contribution is -0.121. The fraction of sp³-hybridized carbons (Fsp3) is 0.360. The van der Waals surface area contributed by atoms with Crippen LogP contribution in [0.3, 0.4) is 0 Å². The number of hydrogen-bond donors (Lipinski definition) is 3. The summed E-state index contributed by atoms with van der Waals surface area (Å²) >= 11 is 0. The molecule has 1 aliphatic heterocycles. The Hall–Kier alpha value is -3.68. The molecule has 33 heavy (non-hydrogen) atoms. The number of aryl methyl sites for hydroxylation is 4. The molecule has 3 heterocycles. The SMILES string of the molecule is Cc1cc(C)cc(CNc2c([C@@H]3CCc4nc(N)ccc43)nc3n(c2=O)C(C(N)=O)CC3)c1. The fourth-order valence-corrected chi connectivity index (χ4v) is 5.31. The zero-order chi connectivity index (χ0) is 23.3. The number of primary amides is 1. The molecular weight excluding hydrogens is 416 g/mol. The van der Waals surface area contributed by atoms with Gasteiger partial charge in [-0.25, -0.2) is 9.97 Å². The summed E-state index contributed by atoms with van der Waals surface area (Å²) in [7, 11) is 0. The summed E-state index contributed by atoms with van der Waals surface area (Å²) < 4.78 is 1.48. The molecule has 2 aromatic heterocycles. The minimum atomic E-state index is -0.659. The molecule has 0 spiro atoms. The van der Waals surface area contributed by atoms with Gasteiger partial charge >= 0.3 is 0 Å². The Kier molecular flexibility index (Phi) is 5.15. The van der Waals surface area contributed by atoms with Gasteiger partial charge in [0.25, 0.3) is 5.56 Å². The number of fused-ring (bicyclic) bond motifs is 2. The van der Waals surface area contributed by atoms with Crippen LogP contribution < -0.4 is 22.3 Å². The number of pyridine rings is 1. The molecule has 8 nitrogen and oxygen atoms in total. The molecule has 170 valence electrons. The van der Waals surface area contributed by atoms with Gasteiger partial charge in [0.05, 0.1) is 5.69 Å². The van der Waals surface area contributed by atoms with Crippen LogP contribution in [0.4, 0.5) is 11.5 Å². The number of rotatable bonds is 5. The van der Waals surface area contributed by atoms with E-state index in [1.807, 2.05) is 6.07 Å². The quantitative estimate of drug-likeness (QED) is 0.555. The van der Waals surface area contributed by atoms with Crippen molar-refractivity contribution < 1.29 is 4.79 Å². The van der Waals surface area contributed by atoms with Crippen molar-refractivity contribution in [1.82, 2.24) is 14.5 Å². The van der Waals surface area contributed by atoms with Gasteiger partial charge < -0.3 is 16.8 Å². The van der Waals surface area contributed by atoms with Crippen molar-refractivity contribution in [3.8, 4) is 0 Å². The first kappa shape index (κ1) is 21.2. The molecule has 1 amide bonds. The first-order chi connectivity index (χ1) is 15.8. The molecule has 2 atom stereocenters. The lowest BCUT2D eigenvalue weighted by Crippen LogP contribution is -2.34. The average molecular weight is 445 g/mol. The highest BCUT2D eigenvalue weighted by Gasteiger charge is 2.35. The monoisotopic (exact) mass is 444 g/mol. The summed E-state index contributed by atoms with van der Waals surface area (Å²) in [5, 5.41) is 3.37. The Morgan fingerprint density at radius 3 is 2.61 bits per heavy atom. The Morgan fingerprint density at radius 2 is 1.88 bits per heavy atom. The van der Waals surface area contributed by atoms with Crippen LogP contribution in [-0.2, 0) is 24.2 Å². The highest BCUT2D eigenvalue weighted by molar-refractivity contribution is 5.79. The van der Waals surface area contributed by atoms with Gasteiger partial charge in [0.2, 0.25) is 5.91 Å². The molecule has 0 bridgehead atoms. The molecule has 2 aliphatic rings. The van der Waals surface area contributed by atoms with Crippen molar-refractivity contribution in [2.75, 3.05) is 11.1 Å². The molecule has 3 aromatic rings. The van der Waals surface area contributed by atoms with Gasteiger partial charge in [-0.05, 0) is 50.3 Å². The number of nitrogen functional groups attached to an aromatic ring is 1. The Balaban J connectivity index is 1.61. The zero-order valence-electron chi connectivity index (χ0n) is 18.9. The molecule has 8 heteroatoms. The molecule has 0 saturated carbocycles. The van der Waals surface area contributed by atoms with Gasteiger partial charge in [-0.2, -0.15) is 0 Å². The summed E-state index contributed by atoms with van der Waals surface area (Å²) in [6.07, 6.45) is 2.63. The van der Waals surface area contributed by atoms with E-state index in [0.29, 0.717) is 42.4 Å². The third kappa shape index (κ3) is 3.75. The number of carbonyl (C=O) groups is 1. The predicted molar refractivity (Wildman–Crippen MR) is 127 cm³/mol. The van der Waals surface area contributed by atoms with E-state index in [-0.39, 0.29) is 11.5 Å². The van der Waals surface area contributed by atoms with Crippen LogP contribution in [0, 0.1) is 13.8 Å². The van der Waals surface area contributed by atoms with E-state index in [1.165, 1.54) is 4.57 Å². The maximum absolute atomic E-state index is 13.7. The van der Waals surface area contributed by atoms with Gasteiger partial charge in [0.15, 0.2) is 0 Å². The van der Waals surface area contributed by atoms with Gasteiger partial charge in [-0.3, -0.25) is 14.2 Å². The van der Waals surface area contributed by atoms with Gasteiger partial charge in [0.1, 0.15) is 23.4 Å². The highest BCUT2D eigenvalue weighted by atomic mass is 16.2. The van der Waals surface area contributed by atoms with Crippen molar-refractivity contribution in [1.29, 1.82) is 0 Å². The topological polar surface area (TPSA) is 129 Å². The average Bonchev–Trinajstić information content (AvgIpc) is 3.36. The number of benzene rings is 1. The van der Waals surface area contributed by atoms with Gasteiger partial charge in [-0.15, -0.1) is 0 Å². The van der Waals surface area contributed by atoms with Crippen molar-refractivity contribution >= 4 is 17.4 Å². The van der Waals surface area contributed by atoms with Gasteiger partial charge in [-0.1, -0.05) is 35.4 Å². The van der Waals surface area contributed by atoms with Crippen LogP contribution in [-0.4, -0.2) is 20.4 Å². The van der Waals surface area contributed by atoms with Crippen LogP contribution >= 0.6 is 0 Å². The zero-order valence-corrected chi connectivity index (χ0v) is 18.9. The van der Waals surface area contributed by atoms with Crippen LogP contribution in [0.25, 0.3) is 0 Å².